The number of carbonyl (C=O) groups excluding carboxylic acids is 1. The molecule has 128 valence electrons. The molecule has 0 N–H and O–H groups in total. The van der Waals surface area contributed by atoms with Crippen molar-refractivity contribution < 1.29 is 9.53 Å². The van der Waals surface area contributed by atoms with E-state index in [1.807, 2.05) is 11.9 Å². The second-order valence-electron chi connectivity index (χ2n) is 6.64. The van der Waals surface area contributed by atoms with Gasteiger partial charge in [-0.2, -0.15) is 5.10 Å². The molecule has 2 aromatic rings. The quantitative estimate of drug-likeness (QED) is 0.866. The number of ether oxygens (including phenoxy) is 1. The molecule has 0 saturated carbocycles. The van der Waals surface area contributed by atoms with Gasteiger partial charge in [0, 0.05) is 39.4 Å². The van der Waals surface area contributed by atoms with E-state index in [4.69, 9.17) is 4.74 Å². The van der Waals surface area contributed by atoms with E-state index in [0.717, 1.165) is 19.4 Å². The van der Waals surface area contributed by atoms with Crippen molar-refractivity contribution in [3.05, 3.63) is 53.3 Å². The smallest absolute Gasteiger partial charge is 0.274 e. The molecule has 1 aliphatic rings. The van der Waals surface area contributed by atoms with E-state index in [-0.39, 0.29) is 12.0 Å². The van der Waals surface area contributed by atoms with Crippen molar-refractivity contribution in [3.8, 4) is 0 Å². The summed E-state index contributed by atoms with van der Waals surface area (Å²) in [7, 11) is 3.60. The summed E-state index contributed by atoms with van der Waals surface area (Å²) in [6.07, 6.45) is 3.79. The molecule has 2 atom stereocenters. The van der Waals surface area contributed by atoms with E-state index < -0.39 is 0 Å². The lowest BCUT2D eigenvalue weighted by Gasteiger charge is -2.37. The van der Waals surface area contributed by atoms with Gasteiger partial charge in [0.25, 0.3) is 5.91 Å². The largest absolute Gasteiger partial charge is 0.381 e. The first-order valence-corrected chi connectivity index (χ1v) is 8.44. The number of carbonyl (C=O) groups is 1. The van der Waals surface area contributed by atoms with E-state index in [2.05, 4.69) is 36.3 Å². The van der Waals surface area contributed by atoms with E-state index in [0.29, 0.717) is 18.2 Å². The molecule has 2 heterocycles. The Hall–Kier alpha value is -2.14. The molecule has 0 unspecified atom stereocenters. The summed E-state index contributed by atoms with van der Waals surface area (Å²) < 4.78 is 7.35. The van der Waals surface area contributed by atoms with Gasteiger partial charge in [0.1, 0.15) is 5.69 Å². The number of hydrogen-bond donors (Lipinski definition) is 0. The average molecular weight is 327 g/mol. The van der Waals surface area contributed by atoms with Crippen molar-refractivity contribution >= 4 is 5.91 Å². The zero-order chi connectivity index (χ0) is 17.1. The van der Waals surface area contributed by atoms with Crippen LogP contribution in [0.3, 0.4) is 0 Å². The molecular weight excluding hydrogens is 302 g/mol. The van der Waals surface area contributed by atoms with Gasteiger partial charge in [-0.3, -0.25) is 9.48 Å². The molecule has 3 rings (SSSR count). The van der Waals surface area contributed by atoms with Gasteiger partial charge < -0.3 is 9.64 Å². The zero-order valence-corrected chi connectivity index (χ0v) is 14.6. The summed E-state index contributed by atoms with van der Waals surface area (Å²) in [5, 5.41) is 4.24. The minimum absolute atomic E-state index is 0.0133. The third-order valence-electron chi connectivity index (χ3n) is 4.77. The minimum atomic E-state index is 0.0133. The third kappa shape index (κ3) is 3.67. The van der Waals surface area contributed by atoms with Crippen LogP contribution in [0.4, 0.5) is 0 Å². The molecule has 1 aromatic carbocycles. The molecule has 0 bridgehead atoms. The highest BCUT2D eigenvalue weighted by Gasteiger charge is 2.32. The van der Waals surface area contributed by atoms with E-state index in [1.165, 1.54) is 11.1 Å². The maximum Gasteiger partial charge on any atom is 0.274 e. The Kier molecular flexibility index (Phi) is 5.00. The Morgan fingerprint density at radius 1 is 1.38 bits per heavy atom. The van der Waals surface area contributed by atoms with Gasteiger partial charge in [-0.1, -0.05) is 29.8 Å². The fourth-order valence-electron chi connectivity index (χ4n) is 3.53. The second kappa shape index (κ2) is 7.18. The van der Waals surface area contributed by atoms with Crippen molar-refractivity contribution in [1.82, 2.24) is 14.7 Å². The summed E-state index contributed by atoms with van der Waals surface area (Å²) in [4.78, 5) is 14.6. The van der Waals surface area contributed by atoms with Crippen LogP contribution in [0.15, 0.2) is 36.5 Å². The number of benzene rings is 1. The summed E-state index contributed by atoms with van der Waals surface area (Å²) >= 11 is 0. The monoisotopic (exact) mass is 327 g/mol. The minimum Gasteiger partial charge on any atom is -0.381 e. The van der Waals surface area contributed by atoms with Crippen LogP contribution in [0, 0.1) is 12.8 Å². The van der Waals surface area contributed by atoms with Crippen LogP contribution in [0.2, 0.25) is 0 Å². The predicted octanol–water partition coefficient (Wildman–Crippen LogP) is 2.45. The fraction of sp³-hybridized carbons (Fsp3) is 0.474. The van der Waals surface area contributed by atoms with Crippen LogP contribution in [-0.2, 0) is 18.2 Å². The normalized spacial score (nSPS) is 21.0. The van der Waals surface area contributed by atoms with Crippen molar-refractivity contribution in [2.45, 2.75) is 25.9 Å². The number of aromatic nitrogens is 2. The Morgan fingerprint density at radius 2 is 2.21 bits per heavy atom. The van der Waals surface area contributed by atoms with Crippen LogP contribution in [-0.4, -0.2) is 46.9 Å². The molecular formula is C19H25N3O2. The Morgan fingerprint density at radius 3 is 2.88 bits per heavy atom. The summed E-state index contributed by atoms with van der Waals surface area (Å²) in [5.41, 5.74) is 3.08. The van der Waals surface area contributed by atoms with Gasteiger partial charge in [0.2, 0.25) is 0 Å². The second-order valence-corrected chi connectivity index (χ2v) is 6.64. The fourth-order valence-corrected chi connectivity index (χ4v) is 3.53. The topological polar surface area (TPSA) is 47.4 Å². The lowest BCUT2D eigenvalue weighted by molar-refractivity contribution is -0.00319. The number of amides is 1. The summed E-state index contributed by atoms with van der Waals surface area (Å²) in [5.74, 6) is 0.317. The SMILES string of the molecule is CO[C@@H]1CCN(C(=O)c2ccn(C)n2)C[C@H]1Cc1cccc(C)c1. The lowest BCUT2D eigenvalue weighted by atomic mass is 9.88. The Balaban J connectivity index is 1.73. The van der Waals surface area contributed by atoms with Gasteiger partial charge in [0.05, 0.1) is 6.10 Å². The first kappa shape index (κ1) is 16.7. The van der Waals surface area contributed by atoms with E-state index in [1.54, 1.807) is 24.1 Å². The van der Waals surface area contributed by atoms with E-state index >= 15 is 0 Å². The molecule has 24 heavy (non-hydrogen) atoms. The highest BCUT2D eigenvalue weighted by Crippen LogP contribution is 2.25. The highest BCUT2D eigenvalue weighted by atomic mass is 16.5. The predicted molar refractivity (Wildman–Crippen MR) is 92.9 cm³/mol. The Bertz CT molecular complexity index is 710. The number of aryl methyl sites for hydroxylation is 2. The van der Waals surface area contributed by atoms with Crippen molar-refractivity contribution in [1.29, 1.82) is 0 Å². The molecule has 0 radical (unpaired) electrons. The van der Waals surface area contributed by atoms with Gasteiger partial charge in [-0.05, 0) is 31.4 Å². The van der Waals surface area contributed by atoms with Crippen LogP contribution in [0.25, 0.3) is 0 Å². The standard InChI is InChI=1S/C19H25N3O2/c1-14-5-4-6-15(11-14)12-16-13-22(10-8-18(16)24-3)19(23)17-7-9-21(2)20-17/h4-7,9,11,16,18H,8,10,12-13H2,1-3H3/t16-,18-/m1/s1. The number of nitrogens with zero attached hydrogens (tertiary/aromatic N) is 3. The molecule has 1 aromatic heterocycles. The number of likely N-dealkylation sites (tertiary alicyclic amines) is 1. The van der Waals surface area contributed by atoms with Gasteiger partial charge in [-0.15, -0.1) is 0 Å². The van der Waals surface area contributed by atoms with Gasteiger partial charge >= 0.3 is 0 Å². The third-order valence-corrected chi connectivity index (χ3v) is 4.77. The molecule has 0 aliphatic carbocycles. The van der Waals surface area contributed by atoms with E-state index in [9.17, 15) is 4.79 Å². The average Bonchev–Trinajstić information content (AvgIpc) is 3.00. The highest BCUT2D eigenvalue weighted by molar-refractivity contribution is 5.92. The molecule has 0 spiro atoms. The Labute approximate surface area is 143 Å². The number of rotatable bonds is 4. The summed E-state index contributed by atoms with van der Waals surface area (Å²) in [6, 6.07) is 10.3. The number of methoxy groups -OCH3 is 1. The molecule has 5 nitrogen and oxygen atoms in total. The van der Waals surface area contributed by atoms with Crippen molar-refractivity contribution in [2.75, 3.05) is 20.2 Å². The maximum atomic E-state index is 12.7. The molecule has 1 saturated heterocycles. The maximum absolute atomic E-state index is 12.7. The molecule has 1 amide bonds. The lowest BCUT2D eigenvalue weighted by Crippen LogP contribution is -2.47. The molecule has 1 fully saturated rings. The molecule has 1 aliphatic heterocycles. The van der Waals surface area contributed by atoms with Crippen molar-refractivity contribution in [2.24, 2.45) is 13.0 Å². The van der Waals surface area contributed by atoms with Crippen molar-refractivity contribution in [3.63, 3.8) is 0 Å². The molecule has 5 heteroatoms. The first-order valence-electron chi connectivity index (χ1n) is 8.44. The first-order chi connectivity index (χ1) is 11.6. The number of hydrogen-bond acceptors (Lipinski definition) is 3. The van der Waals surface area contributed by atoms with Crippen LogP contribution >= 0.6 is 0 Å². The summed E-state index contributed by atoms with van der Waals surface area (Å²) in [6.45, 7) is 3.54. The van der Waals surface area contributed by atoms with Gasteiger partial charge in [0.15, 0.2) is 0 Å². The van der Waals surface area contributed by atoms with Crippen LogP contribution in [0.5, 0.6) is 0 Å². The zero-order valence-electron chi connectivity index (χ0n) is 14.6. The van der Waals surface area contributed by atoms with Crippen LogP contribution in [0.1, 0.15) is 28.0 Å². The van der Waals surface area contributed by atoms with Crippen LogP contribution < -0.4 is 0 Å². The number of piperidine rings is 1. The van der Waals surface area contributed by atoms with Gasteiger partial charge in [-0.25, -0.2) is 0 Å².